The highest BCUT2D eigenvalue weighted by atomic mass is 16.4. The van der Waals surface area contributed by atoms with Crippen molar-refractivity contribution >= 4 is 12.0 Å². The molecule has 0 bridgehead atoms. The largest absolute Gasteiger partial charge is 0.481 e. The fourth-order valence-electron chi connectivity index (χ4n) is 3.71. The molecule has 2 unspecified atom stereocenters. The lowest BCUT2D eigenvalue weighted by molar-refractivity contribution is -0.143. The fraction of sp³-hybridized carbons (Fsp3) is 0.875. The highest BCUT2D eigenvalue weighted by Crippen LogP contribution is 2.28. The van der Waals surface area contributed by atoms with E-state index in [-0.39, 0.29) is 12.1 Å². The summed E-state index contributed by atoms with van der Waals surface area (Å²) in [7, 11) is 0. The van der Waals surface area contributed by atoms with Crippen LogP contribution in [-0.2, 0) is 4.79 Å². The van der Waals surface area contributed by atoms with Crippen LogP contribution in [0.3, 0.4) is 0 Å². The summed E-state index contributed by atoms with van der Waals surface area (Å²) in [5.41, 5.74) is 0. The van der Waals surface area contributed by atoms with Gasteiger partial charge in [-0.25, -0.2) is 4.79 Å². The molecule has 0 saturated heterocycles. The van der Waals surface area contributed by atoms with Gasteiger partial charge in [0.2, 0.25) is 0 Å². The first kappa shape index (κ1) is 16.1. The number of carbonyl (C=O) groups excluding carboxylic acids is 1. The summed E-state index contributed by atoms with van der Waals surface area (Å²) in [6.45, 7) is 0.687. The van der Waals surface area contributed by atoms with Crippen LogP contribution in [0, 0.1) is 11.8 Å². The zero-order valence-corrected chi connectivity index (χ0v) is 12.8. The van der Waals surface area contributed by atoms with Gasteiger partial charge in [-0.2, -0.15) is 0 Å². The fourth-order valence-corrected chi connectivity index (χ4v) is 3.71. The van der Waals surface area contributed by atoms with Crippen molar-refractivity contribution < 1.29 is 14.7 Å². The monoisotopic (exact) mass is 296 g/mol. The molecule has 2 aliphatic carbocycles. The number of aliphatic carboxylic acids is 1. The first-order valence-corrected chi connectivity index (χ1v) is 8.44. The minimum atomic E-state index is -0.791. The average Bonchev–Trinajstić information content (AvgIpc) is 2.97. The second-order valence-electron chi connectivity index (χ2n) is 6.53. The van der Waals surface area contributed by atoms with Crippen molar-refractivity contribution in [2.45, 2.75) is 70.3 Å². The Labute approximate surface area is 126 Å². The van der Waals surface area contributed by atoms with Gasteiger partial charge in [-0.05, 0) is 31.6 Å². The molecule has 0 spiro atoms. The second kappa shape index (κ2) is 8.25. The van der Waals surface area contributed by atoms with Crippen LogP contribution in [0.1, 0.15) is 64.2 Å². The lowest BCUT2D eigenvalue weighted by Gasteiger charge is -2.29. The molecule has 2 amide bonds. The molecule has 2 rings (SSSR count). The van der Waals surface area contributed by atoms with E-state index in [0.717, 1.165) is 31.6 Å². The Morgan fingerprint density at radius 2 is 1.67 bits per heavy atom. The molecule has 5 nitrogen and oxygen atoms in total. The van der Waals surface area contributed by atoms with Gasteiger partial charge in [-0.15, -0.1) is 0 Å². The third kappa shape index (κ3) is 5.21. The first-order valence-electron chi connectivity index (χ1n) is 8.44. The molecule has 0 heterocycles. The molecule has 0 aliphatic heterocycles. The molecule has 21 heavy (non-hydrogen) atoms. The van der Waals surface area contributed by atoms with E-state index >= 15 is 0 Å². The predicted molar refractivity (Wildman–Crippen MR) is 81.1 cm³/mol. The van der Waals surface area contributed by atoms with E-state index in [1.165, 1.54) is 32.1 Å². The highest BCUT2D eigenvalue weighted by molar-refractivity contribution is 5.76. The van der Waals surface area contributed by atoms with Gasteiger partial charge in [0.25, 0.3) is 0 Å². The number of hydrogen-bond acceptors (Lipinski definition) is 2. The van der Waals surface area contributed by atoms with Crippen LogP contribution in [0.4, 0.5) is 4.79 Å². The number of carboxylic acid groups (broad SMARTS) is 1. The van der Waals surface area contributed by atoms with Crippen molar-refractivity contribution in [1.29, 1.82) is 0 Å². The van der Waals surface area contributed by atoms with Crippen LogP contribution in [-0.4, -0.2) is 29.7 Å². The molecule has 0 aromatic rings. The quantitative estimate of drug-likeness (QED) is 0.659. The Morgan fingerprint density at radius 3 is 2.38 bits per heavy atom. The van der Waals surface area contributed by atoms with E-state index in [1.807, 2.05) is 0 Å². The second-order valence-corrected chi connectivity index (χ2v) is 6.53. The molecular formula is C16H28N2O3. The average molecular weight is 296 g/mol. The number of carboxylic acids is 1. The summed E-state index contributed by atoms with van der Waals surface area (Å²) in [4.78, 5) is 23.0. The number of amides is 2. The van der Waals surface area contributed by atoms with Crippen LogP contribution >= 0.6 is 0 Å². The van der Waals surface area contributed by atoms with Crippen LogP contribution in [0.2, 0.25) is 0 Å². The van der Waals surface area contributed by atoms with Gasteiger partial charge in [-0.3, -0.25) is 4.79 Å². The Bertz CT molecular complexity index is 353. The number of nitrogens with one attached hydrogen (secondary N) is 2. The molecule has 3 N–H and O–H groups in total. The topological polar surface area (TPSA) is 78.4 Å². The number of hydrogen-bond donors (Lipinski definition) is 3. The molecule has 0 aromatic heterocycles. The molecular weight excluding hydrogens is 268 g/mol. The maximum atomic E-state index is 11.9. The zero-order valence-electron chi connectivity index (χ0n) is 12.8. The maximum absolute atomic E-state index is 11.9. The summed E-state index contributed by atoms with van der Waals surface area (Å²) in [5.74, 6) is -0.367. The standard InChI is InChI=1S/C16H28N2O3/c19-15(20)13-9-3-4-10-14(13)18-16(21)17-11-5-8-12-6-1-2-7-12/h12-14H,1-11H2,(H,19,20)(H2,17,18,21). The molecule has 0 aromatic carbocycles. The Kier molecular flexibility index (Phi) is 6.33. The summed E-state index contributed by atoms with van der Waals surface area (Å²) in [6.07, 6.45) is 11.0. The molecule has 2 aliphatic rings. The lowest BCUT2D eigenvalue weighted by Crippen LogP contribution is -2.49. The molecule has 2 saturated carbocycles. The number of carbonyl (C=O) groups is 2. The molecule has 0 radical (unpaired) electrons. The van der Waals surface area contributed by atoms with Crippen molar-refractivity contribution in [3.63, 3.8) is 0 Å². The summed E-state index contributed by atoms with van der Waals surface area (Å²) < 4.78 is 0. The van der Waals surface area contributed by atoms with E-state index in [0.29, 0.717) is 13.0 Å². The lowest BCUT2D eigenvalue weighted by atomic mass is 9.84. The van der Waals surface area contributed by atoms with E-state index < -0.39 is 11.9 Å². The van der Waals surface area contributed by atoms with Gasteiger partial charge in [0.15, 0.2) is 0 Å². The third-order valence-corrected chi connectivity index (χ3v) is 4.95. The van der Waals surface area contributed by atoms with Gasteiger partial charge < -0.3 is 15.7 Å². The summed E-state index contributed by atoms with van der Waals surface area (Å²) in [5, 5.41) is 14.9. The molecule has 5 heteroatoms. The normalized spacial score (nSPS) is 26.5. The summed E-state index contributed by atoms with van der Waals surface area (Å²) >= 11 is 0. The first-order chi connectivity index (χ1) is 10.2. The highest BCUT2D eigenvalue weighted by Gasteiger charge is 2.31. The third-order valence-electron chi connectivity index (χ3n) is 4.95. The van der Waals surface area contributed by atoms with Gasteiger partial charge in [0.05, 0.1) is 5.92 Å². The minimum absolute atomic E-state index is 0.209. The van der Waals surface area contributed by atoms with Gasteiger partial charge in [-0.1, -0.05) is 38.5 Å². The Hall–Kier alpha value is -1.26. The van der Waals surface area contributed by atoms with Crippen molar-refractivity contribution in [2.24, 2.45) is 11.8 Å². The van der Waals surface area contributed by atoms with Crippen molar-refractivity contribution in [2.75, 3.05) is 6.54 Å². The van der Waals surface area contributed by atoms with Gasteiger partial charge in [0.1, 0.15) is 0 Å². The summed E-state index contributed by atoms with van der Waals surface area (Å²) in [6, 6.07) is -0.425. The van der Waals surface area contributed by atoms with E-state index in [9.17, 15) is 14.7 Å². The van der Waals surface area contributed by atoms with Crippen LogP contribution in [0.25, 0.3) is 0 Å². The molecule has 2 fully saturated rings. The van der Waals surface area contributed by atoms with Crippen LogP contribution in [0.5, 0.6) is 0 Å². The minimum Gasteiger partial charge on any atom is -0.481 e. The number of rotatable bonds is 6. The zero-order chi connectivity index (χ0) is 15.1. The van der Waals surface area contributed by atoms with Gasteiger partial charge in [0, 0.05) is 12.6 Å². The Morgan fingerprint density at radius 1 is 1.00 bits per heavy atom. The van der Waals surface area contributed by atoms with Crippen molar-refractivity contribution in [3.05, 3.63) is 0 Å². The molecule has 2 atom stereocenters. The van der Waals surface area contributed by atoms with E-state index in [2.05, 4.69) is 10.6 Å². The number of urea groups is 1. The van der Waals surface area contributed by atoms with Crippen molar-refractivity contribution in [3.8, 4) is 0 Å². The van der Waals surface area contributed by atoms with Crippen molar-refractivity contribution in [1.82, 2.24) is 10.6 Å². The van der Waals surface area contributed by atoms with E-state index in [4.69, 9.17) is 0 Å². The van der Waals surface area contributed by atoms with Gasteiger partial charge >= 0.3 is 12.0 Å². The Balaban J connectivity index is 1.62. The van der Waals surface area contributed by atoms with Crippen LogP contribution < -0.4 is 10.6 Å². The SMILES string of the molecule is O=C(NCCCC1CCCC1)NC1CCCCC1C(=O)O. The molecule has 120 valence electrons. The van der Waals surface area contributed by atoms with Crippen LogP contribution in [0.15, 0.2) is 0 Å². The van der Waals surface area contributed by atoms with E-state index in [1.54, 1.807) is 0 Å². The smallest absolute Gasteiger partial charge is 0.315 e. The maximum Gasteiger partial charge on any atom is 0.315 e. The predicted octanol–water partition coefficient (Wildman–Crippen LogP) is 2.90.